The molecule has 0 atom stereocenters. The van der Waals surface area contributed by atoms with Crippen molar-refractivity contribution >= 4 is 55.2 Å². The number of rotatable bonds is 6. The molecule has 5 rings (SSSR count). The van der Waals surface area contributed by atoms with Crippen LogP contribution in [0.1, 0.15) is 15.9 Å². The van der Waals surface area contributed by atoms with Gasteiger partial charge in [0, 0.05) is 30.1 Å². The molecule has 0 aliphatic rings. The Morgan fingerprint density at radius 1 is 0.886 bits per heavy atom. The third kappa shape index (κ3) is 4.53. The first-order valence-corrected chi connectivity index (χ1v) is 12.7. The minimum atomic E-state index is -3.85. The summed E-state index contributed by atoms with van der Waals surface area (Å²) in [5.74, 6) is -0.509. The van der Waals surface area contributed by atoms with Crippen LogP contribution in [0.4, 0.5) is 5.69 Å². The van der Waals surface area contributed by atoms with Crippen LogP contribution in [0.25, 0.3) is 21.9 Å². The van der Waals surface area contributed by atoms with E-state index in [0.29, 0.717) is 11.3 Å². The SMILES string of the molecule is CN(Cc1ccccc1)S(=O)(=O)c1ccc(Cl)c(C(=O)Nc2ccc3oc4ccccc4c3c2)c1. The quantitative estimate of drug-likeness (QED) is 0.294. The average molecular weight is 505 g/mol. The van der Waals surface area contributed by atoms with Gasteiger partial charge in [0.25, 0.3) is 5.91 Å². The Bertz CT molecular complexity index is 1660. The van der Waals surface area contributed by atoms with Crippen molar-refractivity contribution in [3.63, 3.8) is 0 Å². The summed E-state index contributed by atoms with van der Waals surface area (Å²) in [7, 11) is -2.34. The summed E-state index contributed by atoms with van der Waals surface area (Å²) in [6, 6.07) is 26.4. The maximum absolute atomic E-state index is 13.2. The number of hydrogen-bond donors (Lipinski definition) is 1. The Morgan fingerprint density at radius 2 is 1.60 bits per heavy atom. The molecule has 4 aromatic carbocycles. The van der Waals surface area contributed by atoms with E-state index in [0.717, 1.165) is 21.9 Å². The summed E-state index contributed by atoms with van der Waals surface area (Å²) >= 11 is 6.29. The third-order valence-corrected chi connectivity index (χ3v) is 7.90. The maximum Gasteiger partial charge on any atom is 0.257 e. The second-order valence-corrected chi connectivity index (χ2v) is 10.6. The molecule has 6 nitrogen and oxygen atoms in total. The molecule has 35 heavy (non-hydrogen) atoms. The van der Waals surface area contributed by atoms with Gasteiger partial charge < -0.3 is 9.73 Å². The van der Waals surface area contributed by atoms with E-state index in [9.17, 15) is 13.2 Å². The molecule has 0 unspecified atom stereocenters. The predicted octanol–water partition coefficient (Wildman–Crippen LogP) is 6.31. The zero-order valence-electron chi connectivity index (χ0n) is 18.7. The fraction of sp³-hybridized carbons (Fsp3) is 0.0741. The van der Waals surface area contributed by atoms with Crippen LogP contribution in [0, 0.1) is 0 Å². The summed E-state index contributed by atoms with van der Waals surface area (Å²) in [4.78, 5) is 13.1. The predicted molar refractivity (Wildman–Crippen MR) is 138 cm³/mol. The molecule has 0 fully saturated rings. The van der Waals surface area contributed by atoms with E-state index in [1.807, 2.05) is 60.7 Å². The van der Waals surface area contributed by atoms with Crippen molar-refractivity contribution in [1.82, 2.24) is 4.31 Å². The highest BCUT2D eigenvalue weighted by atomic mass is 35.5. The summed E-state index contributed by atoms with van der Waals surface area (Å²) in [5.41, 5.74) is 2.92. The first-order chi connectivity index (χ1) is 16.8. The minimum Gasteiger partial charge on any atom is -0.456 e. The second-order valence-electron chi connectivity index (χ2n) is 8.15. The molecule has 0 saturated heterocycles. The molecule has 176 valence electrons. The Labute approximate surface area is 207 Å². The number of para-hydroxylation sites is 1. The molecule has 5 aromatic rings. The van der Waals surface area contributed by atoms with Gasteiger partial charge in [-0.05, 0) is 48.0 Å². The largest absolute Gasteiger partial charge is 0.456 e. The van der Waals surface area contributed by atoms with E-state index >= 15 is 0 Å². The van der Waals surface area contributed by atoms with Crippen LogP contribution in [-0.4, -0.2) is 25.7 Å². The number of halogens is 1. The van der Waals surface area contributed by atoms with E-state index in [2.05, 4.69) is 5.32 Å². The molecule has 1 aromatic heterocycles. The average Bonchev–Trinajstić information content (AvgIpc) is 3.23. The number of furan rings is 1. The molecule has 0 bridgehead atoms. The number of hydrogen-bond acceptors (Lipinski definition) is 4. The summed E-state index contributed by atoms with van der Waals surface area (Å²) in [6.07, 6.45) is 0. The lowest BCUT2D eigenvalue weighted by Gasteiger charge is -2.18. The van der Waals surface area contributed by atoms with E-state index in [1.54, 1.807) is 12.1 Å². The molecule has 1 heterocycles. The van der Waals surface area contributed by atoms with Gasteiger partial charge in [-0.3, -0.25) is 4.79 Å². The molecular formula is C27H21ClN2O4S. The fourth-order valence-electron chi connectivity index (χ4n) is 3.95. The van der Waals surface area contributed by atoms with Crippen molar-refractivity contribution in [1.29, 1.82) is 0 Å². The van der Waals surface area contributed by atoms with Gasteiger partial charge in [-0.25, -0.2) is 8.42 Å². The van der Waals surface area contributed by atoms with Crippen LogP contribution in [0.5, 0.6) is 0 Å². The molecule has 0 aliphatic carbocycles. The van der Waals surface area contributed by atoms with Crippen molar-refractivity contribution in [2.45, 2.75) is 11.4 Å². The van der Waals surface area contributed by atoms with Gasteiger partial charge in [0.15, 0.2) is 0 Å². The number of anilines is 1. The summed E-state index contributed by atoms with van der Waals surface area (Å²) < 4.78 is 33.4. The molecule has 0 radical (unpaired) electrons. The van der Waals surface area contributed by atoms with Gasteiger partial charge in [0.05, 0.1) is 15.5 Å². The number of carbonyl (C=O) groups excluding carboxylic acids is 1. The highest BCUT2D eigenvalue weighted by molar-refractivity contribution is 7.89. The molecule has 0 saturated carbocycles. The van der Waals surface area contributed by atoms with Crippen molar-refractivity contribution in [2.75, 3.05) is 12.4 Å². The number of nitrogens with one attached hydrogen (secondary N) is 1. The Morgan fingerprint density at radius 3 is 2.40 bits per heavy atom. The van der Waals surface area contributed by atoms with Gasteiger partial charge in [-0.1, -0.05) is 60.1 Å². The van der Waals surface area contributed by atoms with E-state index in [-0.39, 0.29) is 22.0 Å². The van der Waals surface area contributed by atoms with Crippen molar-refractivity contribution in [3.05, 3.63) is 107 Å². The zero-order valence-corrected chi connectivity index (χ0v) is 20.3. The highest BCUT2D eigenvalue weighted by Crippen LogP contribution is 2.31. The maximum atomic E-state index is 13.2. The van der Waals surface area contributed by atoms with Gasteiger partial charge in [0.2, 0.25) is 10.0 Å². The lowest BCUT2D eigenvalue weighted by atomic mass is 10.1. The van der Waals surface area contributed by atoms with Gasteiger partial charge >= 0.3 is 0 Å². The van der Waals surface area contributed by atoms with E-state index in [1.165, 1.54) is 29.6 Å². The molecule has 1 N–H and O–H groups in total. The first kappa shape index (κ1) is 23.1. The normalized spacial score (nSPS) is 11.9. The lowest BCUT2D eigenvalue weighted by molar-refractivity contribution is 0.102. The molecule has 0 aliphatic heterocycles. The van der Waals surface area contributed by atoms with Gasteiger partial charge in [0.1, 0.15) is 11.2 Å². The Kier molecular flexibility index (Phi) is 6.06. The number of amides is 1. The Balaban J connectivity index is 1.42. The molecule has 8 heteroatoms. The topological polar surface area (TPSA) is 79.6 Å². The van der Waals surface area contributed by atoms with Crippen LogP contribution in [0.15, 0.2) is 100 Å². The van der Waals surface area contributed by atoms with Gasteiger partial charge in [-0.15, -0.1) is 0 Å². The van der Waals surface area contributed by atoms with Crippen molar-refractivity contribution in [3.8, 4) is 0 Å². The number of fused-ring (bicyclic) bond motifs is 3. The minimum absolute atomic E-state index is 0.0123. The standard InChI is InChI=1S/C27H21ClN2O4S/c1-30(17-18-7-3-2-4-8-18)35(32,33)20-12-13-24(28)23(16-20)27(31)29-19-11-14-26-22(15-19)21-9-5-6-10-25(21)34-26/h2-16H,17H2,1H3,(H,29,31). The molecule has 1 amide bonds. The Hall–Kier alpha value is -3.65. The monoisotopic (exact) mass is 504 g/mol. The summed E-state index contributed by atoms with van der Waals surface area (Å²) in [6.45, 7) is 0.200. The third-order valence-electron chi connectivity index (χ3n) is 5.77. The number of benzene rings is 4. The van der Waals surface area contributed by atoms with E-state index in [4.69, 9.17) is 16.0 Å². The van der Waals surface area contributed by atoms with Crippen LogP contribution in [-0.2, 0) is 16.6 Å². The fourth-order valence-corrected chi connectivity index (χ4v) is 5.34. The van der Waals surface area contributed by atoms with Crippen LogP contribution < -0.4 is 5.32 Å². The molecular weight excluding hydrogens is 484 g/mol. The van der Waals surface area contributed by atoms with Crippen molar-refractivity contribution < 1.29 is 17.6 Å². The van der Waals surface area contributed by atoms with Crippen LogP contribution >= 0.6 is 11.6 Å². The van der Waals surface area contributed by atoms with Crippen LogP contribution in [0.2, 0.25) is 5.02 Å². The molecule has 0 spiro atoms. The number of nitrogens with zero attached hydrogens (tertiary/aromatic N) is 1. The number of sulfonamides is 1. The zero-order chi connectivity index (χ0) is 24.6. The number of carbonyl (C=O) groups is 1. The smallest absolute Gasteiger partial charge is 0.257 e. The van der Waals surface area contributed by atoms with E-state index < -0.39 is 15.9 Å². The van der Waals surface area contributed by atoms with Gasteiger partial charge in [-0.2, -0.15) is 4.31 Å². The summed E-state index contributed by atoms with van der Waals surface area (Å²) in [5, 5.41) is 4.78. The van der Waals surface area contributed by atoms with Crippen LogP contribution in [0.3, 0.4) is 0 Å². The highest BCUT2D eigenvalue weighted by Gasteiger charge is 2.23. The second kappa shape index (κ2) is 9.19. The lowest BCUT2D eigenvalue weighted by Crippen LogP contribution is -2.27. The van der Waals surface area contributed by atoms with Crippen molar-refractivity contribution in [2.24, 2.45) is 0 Å². The first-order valence-electron chi connectivity index (χ1n) is 10.9.